The molecule has 0 bridgehead atoms. The van der Waals surface area contributed by atoms with E-state index < -0.39 is 85.3 Å². The van der Waals surface area contributed by atoms with Crippen molar-refractivity contribution in [3.8, 4) is 11.1 Å². The van der Waals surface area contributed by atoms with Crippen molar-refractivity contribution in [1.82, 2.24) is 16.0 Å². The van der Waals surface area contributed by atoms with Gasteiger partial charge in [-0.25, -0.2) is 14.4 Å². The van der Waals surface area contributed by atoms with Crippen molar-refractivity contribution >= 4 is 42.0 Å². The molecule has 0 radical (unpaired) electrons. The topological polar surface area (TPSA) is 231 Å². The van der Waals surface area contributed by atoms with E-state index in [0.29, 0.717) is 0 Å². The highest BCUT2D eigenvalue weighted by Gasteiger charge is 2.52. The van der Waals surface area contributed by atoms with Crippen LogP contribution in [0.2, 0.25) is 0 Å². The first-order valence-electron chi connectivity index (χ1n) is 15.9. The minimum atomic E-state index is -1.54. The van der Waals surface area contributed by atoms with E-state index in [1.54, 1.807) is 0 Å². The number of esters is 4. The summed E-state index contributed by atoms with van der Waals surface area (Å²) in [4.78, 5) is 85.0. The number of amides is 3. The minimum Gasteiger partial charge on any atom is -0.480 e. The molecule has 1 heterocycles. The molecule has 4 N–H and O–H groups in total. The number of benzene rings is 2. The van der Waals surface area contributed by atoms with Crippen LogP contribution in [0.25, 0.3) is 11.1 Å². The molecule has 2 aromatic carbocycles. The maximum atomic E-state index is 12.9. The van der Waals surface area contributed by atoms with Gasteiger partial charge in [0, 0.05) is 40.2 Å². The Labute approximate surface area is 292 Å². The van der Waals surface area contributed by atoms with Crippen LogP contribution in [0.1, 0.15) is 51.2 Å². The summed E-state index contributed by atoms with van der Waals surface area (Å²) in [5.74, 6) is -4.88. The zero-order chi connectivity index (χ0) is 37.2. The van der Waals surface area contributed by atoms with E-state index in [1.807, 2.05) is 48.5 Å². The first kappa shape index (κ1) is 38.1. The van der Waals surface area contributed by atoms with Gasteiger partial charge < -0.3 is 49.5 Å². The van der Waals surface area contributed by atoms with E-state index >= 15 is 0 Å². The second kappa shape index (κ2) is 17.3. The van der Waals surface area contributed by atoms with Crippen LogP contribution < -0.4 is 16.0 Å². The van der Waals surface area contributed by atoms with E-state index in [9.17, 15) is 38.7 Å². The molecule has 0 saturated carbocycles. The van der Waals surface area contributed by atoms with Crippen molar-refractivity contribution in [3.63, 3.8) is 0 Å². The Kier molecular flexibility index (Phi) is 12.9. The SMILES string of the molecule is CC(=O)OC[C@H]1O[C@@H](NC(=O)NCC[C@H](NC(=O)OCC2c3ccccc3-c3ccccc32)C(=O)O)[C@H](OC(C)=O)[C@@H](OC(C)=O)[C@H]1OC(C)=O. The zero-order valence-corrected chi connectivity index (χ0v) is 28.2. The van der Waals surface area contributed by atoms with Crippen molar-refractivity contribution in [2.75, 3.05) is 19.8 Å². The normalized spacial score (nSPS) is 21.1. The number of fused-ring (bicyclic) bond motifs is 3. The van der Waals surface area contributed by atoms with Crippen LogP contribution >= 0.6 is 0 Å². The van der Waals surface area contributed by atoms with Gasteiger partial charge in [-0.3, -0.25) is 19.2 Å². The minimum absolute atomic E-state index is 0.0388. The second-order valence-corrected chi connectivity index (χ2v) is 11.7. The molecule has 274 valence electrons. The quantitative estimate of drug-likeness (QED) is 0.171. The van der Waals surface area contributed by atoms with Gasteiger partial charge in [0.1, 0.15) is 25.4 Å². The molecule has 0 spiro atoms. The molecule has 1 fully saturated rings. The molecular formula is C34H39N3O14. The number of nitrogens with one attached hydrogen (secondary N) is 3. The highest BCUT2D eigenvalue weighted by Crippen LogP contribution is 2.44. The number of hydrogen-bond acceptors (Lipinski definition) is 13. The van der Waals surface area contributed by atoms with E-state index in [-0.39, 0.29) is 25.5 Å². The lowest BCUT2D eigenvalue weighted by molar-refractivity contribution is -0.255. The molecule has 0 aromatic heterocycles. The number of carbonyl (C=O) groups excluding carboxylic acids is 6. The van der Waals surface area contributed by atoms with Crippen molar-refractivity contribution in [1.29, 1.82) is 0 Å². The van der Waals surface area contributed by atoms with Gasteiger partial charge in [0.05, 0.1) is 0 Å². The average Bonchev–Trinajstić information content (AvgIpc) is 3.38. The number of carboxylic acid groups (broad SMARTS) is 1. The third kappa shape index (κ3) is 10.2. The summed E-state index contributed by atoms with van der Waals surface area (Å²) >= 11 is 0. The Hall–Kier alpha value is -5.71. The molecule has 17 nitrogen and oxygen atoms in total. The van der Waals surface area contributed by atoms with Crippen LogP contribution in [0.4, 0.5) is 9.59 Å². The molecule has 51 heavy (non-hydrogen) atoms. The first-order chi connectivity index (χ1) is 24.2. The van der Waals surface area contributed by atoms with Gasteiger partial charge >= 0.3 is 42.0 Å². The van der Waals surface area contributed by atoms with Gasteiger partial charge in [0.2, 0.25) is 0 Å². The highest BCUT2D eigenvalue weighted by atomic mass is 16.7. The van der Waals surface area contributed by atoms with Crippen LogP contribution in [0, 0.1) is 0 Å². The summed E-state index contributed by atoms with van der Waals surface area (Å²) in [7, 11) is 0. The third-order valence-corrected chi connectivity index (χ3v) is 7.92. The molecule has 6 atom stereocenters. The summed E-state index contributed by atoms with van der Waals surface area (Å²) in [5.41, 5.74) is 4.01. The van der Waals surface area contributed by atoms with Crippen LogP contribution in [0.5, 0.6) is 0 Å². The maximum absolute atomic E-state index is 12.9. The Morgan fingerprint density at radius 3 is 1.82 bits per heavy atom. The number of carbonyl (C=O) groups is 7. The van der Waals surface area contributed by atoms with E-state index in [0.717, 1.165) is 49.9 Å². The molecule has 1 saturated heterocycles. The molecule has 3 amide bonds. The molecule has 4 rings (SSSR count). The number of rotatable bonds is 13. The Morgan fingerprint density at radius 2 is 1.27 bits per heavy atom. The van der Waals surface area contributed by atoms with Gasteiger partial charge in [-0.1, -0.05) is 48.5 Å². The van der Waals surface area contributed by atoms with Crippen molar-refractivity contribution in [2.24, 2.45) is 0 Å². The van der Waals surface area contributed by atoms with Crippen LogP contribution in [-0.4, -0.2) is 104 Å². The summed E-state index contributed by atoms with van der Waals surface area (Å²) in [5, 5.41) is 16.9. The fourth-order valence-corrected chi connectivity index (χ4v) is 5.89. The number of carboxylic acids is 1. The monoisotopic (exact) mass is 713 g/mol. The molecule has 2 aliphatic rings. The number of aliphatic carboxylic acids is 1. The zero-order valence-electron chi connectivity index (χ0n) is 28.2. The van der Waals surface area contributed by atoms with Crippen molar-refractivity contribution in [3.05, 3.63) is 59.7 Å². The lowest BCUT2D eigenvalue weighted by Crippen LogP contribution is -2.66. The van der Waals surface area contributed by atoms with Gasteiger partial charge in [-0.2, -0.15) is 0 Å². The maximum Gasteiger partial charge on any atom is 0.407 e. The van der Waals surface area contributed by atoms with Crippen LogP contribution in [0.3, 0.4) is 0 Å². The smallest absolute Gasteiger partial charge is 0.407 e. The fraction of sp³-hybridized carbons (Fsp3) is 0.441. The first-order valence-corrected chi connectivity index (χ1v) is 15.9. The number of ether oxygens (including phenoxy) is 6. The van der Waals surface area contributed by atoms with E-state index in [1.165, 1.54) is 0 Å². The lowest BCUT2D eigenvalue weighted by atomic mass is 9.97. The molecule has 0 unspecified atom stereocenters. The number of alkyl carbamates (subject to hydrolysis) is 1. The Bertz CT molecular complexity index is 1600. The summed E-state index contributed by atoms with van der Waals surface area (Å²) in [6.45, 7) is 3.46. The summed E-state index contributed by atoms with van der Waals surface area (Å²) in [6, 6.07) is 13.1. The number of urea groups is 1. The van der Waals surface area contributed by atoms with E-state index in [4.69, 9.17) is 28.4 Å². The van der Waals surface area contributed by atoms with Gasteiger partial charge in [0.25, 0.3) is 0 Å². The Morgan fingerprint density at radius 1 is 0.725 bits per heavy atom. The second-order valence-electron chi connectivity index (χ2n) is 11.7. The van der Waals surface area contributed by atoms with Crippen LogP contribution in [0.15, 0.2) is 48.5 Å². The predicted molar refractivity (Wildman–Crippen MR) is 173 cm³/mol. The van der Waals surface area contributed by atoms with Crippen molar-refractivity contribution < 1.29 is 67.1 Å². The predicted octanol–water partition coefficient (Wildman–Crippen LogP) is 1.75. The largest absolute Gasteiger partial charge is 0.480 e. The fourth-order valence-electron chi connectivity index (χ4n) is 5.89. The summed E-state index contributed by atoms with van der Waals surface area (Å²) < 4.78 is 32.2. The van der Waals surface area contributed by atoms with Crippen LogP contribution in [-0.2, 0) is 52.4 Å². The van der Waals surface area contributed by atoms with Gasteiger partial charge in [-0.05, 0) is 28.7 Å². The molecule has 2 aromatic rings. The molecule has 1 aliphatic carbocycles. The summed E-state index contributed by atoms with van der Waals surface area (Å²) in [6.07, 6.45) is -8.55. The number of hydrogen-bond donors (Lipinski definition) is 4. The highest BCUT2D eigenvalue weighted by molar-refractivity contribution is 5.81. The van der Waals surface area contributed by atoms with Gasteiger partial charge in [-0.15, -0.1) is 0 Å². The van der Waals surface area contributed by atoms with E-state index in [2.05, 4.69) is 16.0 Å². The van der Waals surface area contributed by atoms with Crippen molar-refractivity contribution in [2.45, 2.75) is 76.7 Å². The standard InChI is InChI=1S/C34H39N3O14/c1-17(38)46-16-27-28(48-18(2)39)29(49-19(3)40)30(50-20(4)41)31(51-27)37-33(44)35-14-13-26(32(42)43)36-34(45)47-15-25-23-11-7-5-9-21(23)22-10-6-8-12-24(22)25/h5-12,25-31H,13-16H2,1-4H3,(H,36,45)(H,42,43)(H2,35,37,44)/t26-,27+,28-,29-,30+,31+/m0/s1. The lowest BCUT2D eigenvalue weighted by Gasteiger charge is -2.44. The van der Waals surface area contributed by atoms with Gasteiger partial charge in [0.15, 0.2) is 24.5 Å². The molecular weight excluding hydrogens is 674 g/mol. The Balaban J connectivity index is 1.37. The molecule has 17 heteroatoms. The molecule has 1 aliphatic heterocycles. The third-order valence-electron chi connectivity index (χ3n) is 7.92. The average molecular weight is 714 g/mol.